The number of halogens is 1. The zero-order valence-corrected chi connectivity index (χ0v) is 18.4. The van der Waals surface area contributed by atoms with Crippen molar-refractivity contribution in [2.75, 3.05) is 16.8 Å². The molecule has 0 bridgehead atoms. The second-order valence-electron chi connectivity index (χ2n) is 7.25. The number of anilines is 2. The number of carbonyl (C=O) groups excluding carboxylic acids is 1. The molecule has 1 amide bonds. The molecule has 2 aromatic carbocycles. The quantitative estimate of drug-likeness (QED) is 0.526. The Kier molecular flexibility index (Phi) is 7.23. The molecule has 0 saturated heterocycles. The molecule has 3 rings (SSSR count). The van der Waals surface area contributed by atoms with Crippen LogP contribution in [0.3, 0.4) is 0 Å². The molecule has 1 aromatic heterocycles. The van der Waals surface area contributed by atoms with E-state index in [1.807, 2.05) is 55.5 Å². The minimum Gasteiger partial charge on any atom is -0.344 e. The third-order valence-corrected chi connectivity index (χ3v) is 5.56. The van der Waals surface area contributed by atoms with E-state index in [9.17, 15) is 4.79 Å². The Morgan fingerprint density at radius 3 is 2.48 bits per heavy atom. The van der Waals surface area contributed by atoms with Crippen LogP contribution in [-0.4, -0.2) is 27.9 Å². The first kappa shape index (κ1) is 21.3. The topological polar surface area (TPSA) is 58.1 Å². The first-order valence-corrected chi connectivity index (χ1v) is 10.8. The molecule has 7 heteroatoms. The molecule has 0 saturated carbocycles. The van der Waals surface area contributed by atoms with E-state index in [2.05, 4.69) is 33.4 Å². The van der Waals surface area contributed by atoms with Gasteiger partial charge in [-0.05, 0) is 50.6 Å². The zero-order valence-electron chi connectivity index (χ0n) is 16.9. The van der Waals surface area contributed by atoms with Crippen molar-refractivity contribution in [2.45, 2.75) is 39.7 Å². The summed E-state index contributed by atoms with van der Waals surface area (Å²) in [5.41, 5.74) is 3.10. The van der Waals surface area contributed by atoms with Crippen LogP contribution in [0.2, 0.25) is 5.02 Å². The Hall–Kier alpha value is -2.44. The highest BCUT2D eigenvalue weighted by Gasteiger charge is 2.17. The lowest BCUT2D eigenvalue weighted by Crippen LogP contribution is -2.33. The molecule has 5 nitrogen and oxygen atoms in total. The highest BCUT2D eigenvalue weighted by atomic mass is 35.5. The fourth-order valence-corrected chi connectivity index (χ4v) is 3.85. The third kappa shape index (κ3) is 6.27. The molecule has 0 radical (unpaired) electrons. The Bertz CT molecular complexity index is 938. The highest BCUT2D eigenvalue weighted by Crippen LogP contribution is 2.22. The van der Waals surface area contributed by atoms with Gasteiger partial charge in [-0.3, -0.25) is 4.79 Å². The van der Waals surface area contributed by atoms with Crippen LogP contribution in [0.5, 0.6) is 0 Å². The van der Waals surface area contributed by atoms with Crippen LogP contribution >= 0.6 is 23.1 Å². The molecule has 1 heterocycles. The molecule has 1 N–H and O–H groups in total. The number of amides is 1. The van der Waals surface area contributed by atoms with Crippen molar-refractivity contribution in [3.63, 3.8) is 0 Å². The smallest absolute Gasteiger partial charge is 0.226 e. The molecular weight excluding hydrogens is 404 g/mol. The normalized spacial score (nSPS) is 10.9. The lowest BCUT2D eigenvalue weighted by Gasteiger charge is -2.25. The maximum absolute atomic E-state index is 12.3. The predicted molar refractivity (Wildman–Crippen MR) is 121 cm³/mol. The Morgan fingerprint density at radius 1 is 1.14 bits per heavy atom. The summed E-state index contributed by atoms with van der Waals surface area (Å²) in [6.45, 7) is 6.80. The van der Waals surface area contributed by atoms with E-state index in [0.29, 0.717) is 19.4 Å². The minimum absolute atomic E-state index is 0.00888. The molecule has 0 aliphatic carbocycles. The lowest BCUT2D eigenvalue weighted by atomic mass is 10.1. The van der Waals surface area contributed by atoms with E-state index < -0.39 is 0 Å². The van der Waals surface area contributed by atoms with Crippen molar-refractivity contribution in [3.8, 4) is 0 Å². The van der Waals surface area contributed by atoms with Crippen molar-refractivity contribution in [2.24, 2.45) is 0 Å². The van der Waals surface area contributed by atoms with Crippen LogP contribution in [0.25, 0.3) is 0 Å². The molecule has 0 unspecified atom stereocenters. The van der Waals surface area contributed by atoms with Crippen LogP contribution in [0.15, 0.2) is 48.5 Å². The van der Waals surface area contributed by atoms with Gasteiger partial charge >= 0.3 is 0 Å². The van der Waals surface area contributed by atoms with E-state index in [0.717, 1.165) is 27.2 Å². The van der Waals surface area contributed by atoms with E-state index >= 15 is 0 Å². The van der Waals surface area contributed by atoms with Gasteiger partial charge in [0.25, 0.3) is 0 Å². The van der Waals surface area contributed by atoms with Crippen molar-refractivity contribution in [1.82, 2.24) is 9.36 Å². The molecular formula is C22H25ClN4OS. The van der Waals surface area contributed by atoms with Gasteiger partial charge in [-0.15, -0.1) is 0 Å². The maximum atomic E-state index is 12.3. The molecule has 0 aliphatic heterocycles. The summed E-state index contributed by atoms with van der Waals surface area (Å²) in [7, 11) is 0. The van der Waals surface area contributed by atoms with E-state index in [4.69, 9.17) is 11.6 Å². The minimum atomic E-state index is -0.00888. The molecule has 29 heavy (non-hydrogen) atoms. The number of nitrogens with one attached hydrogen (secondary N) is 1. The van der Waals surface area contributed by atoms with Crippen LogP contribution in [0.1, 0.15) is 37.2 Å². The van der Waals surface area contributed by atoms with E-state index in [-0.39, 0.29) is 11.9 Å². The van der Waals surface area contributed by atoms with Gasteiger partial charge in [0.15, 0.2) is 0 Å². The lowest BCUT2D eigenvalue weighted by molar-refractivity contribution is -0.116. The van der Waals surface area contributed by atoms with E-state index in [1.54, 1.807) is 0 Å². The first-order chi connectivity index (χ1) is 13.9. The summed E-state index contributed by atoms with van der Waals surface area (Å²) >= 11 is 7.32. The van der Waals surface area contributed by atoms with Gasteiger partial charge in [-0.2, -0.15) is 4.37 Å². The fraction of sp³-hybridized carbons (Fsp3) is 0.318. The van der Waals surface area contributed by atoms with E-state index in [1.165, 1.54) is 17.1 Å². The number of carbonyl (C=O) groups is 1. The summed E-state index contributed by atoms with van der Waals surface area (Å²) in [5, 5.41) is 4.51. The van der Waals surface area contributed by atoms with Crippen LogP contribution < -0.4 is 10.2 Å². The van der Waals surface area contributed by atoms with Crippen LogP contribution in [0, 0.1) is 6.92 Å². The van der Waals surface area contributed by atoms with Crippen LogP contribution in [0.4, 0.5) is 10.8 Å². The largest absolute Gasteiger partial charge is 0.344 e. The molecule has 152 valence electrons. The second kappa shape index (κ2) is 9.85. The Morgan fingerprint density at radius 2 is 1.83 bits per heavy atom. The second-order valence-corrected chi connectivity index (χ2v) is 8.41. The standard InChI is InChI=1S/C22H25ClN4OS/c1-15(2)27(13-12-21(28)24-19-10-4-16(3)5-11-19)22-25-20(26-29-22)14-17-6-8-18(23)9-7-17/h4-11,15H,12-14H2,1-3H3,(H,24,28). The van der Waals surface area contributed by atoms with Crippen molar-refractivity contribution < 1.29 is 4.79 Å². The Labute approximate surface area is 180 Å². The summed E-state index contributed by atoms with van der Waals surface area (Å²) in [4.78, 5) is 19.2. The highest BCUT2D eigenvalue weighted by molar-refractivity contribution is 7.09. The predicted octanol–water partition coefficient (Wildman–Crippen LogP) is 5.33. The van der Waals surface area contributed by atoms with Crippen molar-refractivity contribution in [3.05, 3.63) is 70.5 Å². The number of rotatable bonds is 8. The Balaban J connectivity index is 1.59. The average Bonchev–Trinajstić information content (AvgIpc) is 3.13. The summed E-state index contributed by atoms with van der Waals surface area (Å²) in [6, 6.07) is 15.7. The number of hydrogen-bond donors (Lipinski definition) is 1. The fourth-order valence-electron chi connectivity index (χ4n) is 2.88. The number of nitrogens with zero attached hydrogens (tertiary/aromatic N) is 3. The van der Waals surface area contributed by atoms with Gasteiger partial charge in [0.05, 0.1) is 0 Å². The van der Waals surface area contributed by atoms with Gasteiger partial charge < -0.3 is 10.2 Å². The monoisotopic (exact) mass is 428 g/mol. The number of aryl methyl sites for hydroxylation is 1. The number of aromatic nitrogens is 2. The SMILES string of the molecule is Cc1ccc(NC(=O)CCN(c2nc(Cc3ccc(Cl)cc3)ns2)C(C)C)cc1. The zero-order chi connectivity index (χ0) is 20.8. The van der Waals surface area contributed by atoms with Crippen LogP contribution in [-0.2, 0) is 11.2 Å². The van der Waals surface area contributed by atoms with Gasteiger partial charge in [0.1, 0.15) is 5.82 Å². The summed E-state index contributed by atoms with van der Waals surface area (Å²) < 4.78 is 4.50. The number of benzene rings is 2. The first-order valence-electron chi connectivity index (χ1n) is 9.61. The van der Waals surface area contributed by atoms with Crippen molar-refractivity contribution >= 4 is 39.9 Å². The van der Waals surface area contributed by atoms with Crippen molar-refractivity contribution in [1.29, 1.82) is 0 Å². The molecule has 3 aromatic rings. The molecule has 0 aliphatic rings. The summed E-state index contributed by atoms with van der Waals surface area (Å²) in [5.74, 6) is 0.771. The van der Waals surface area contributed by atoms with Gasteiger partial charge in [0.2, 0.25) is 11.0 Å². The van der Waals surface area contributed by atoms with Gasteiger partial charge in [0, 0.05) is 47.7 Å². The molecule has 0 spiro atoms. The third-order valence-electron chi connectivity index (χ3n) is 4.52. The molecule has 0 fully saturated rings. The maximum Gasteiger partial charge on any atom is 0.226 e. The number of hydrogen-bond acceptors (Lipinski definition) is 5. The summed E-state index contributed by atoms with van der Waals surface area (Å²) in [6.07, 6.45) is 1.05. The average molecular weight is 429 g/mol. The molecule has 0 atom stereocenters. The van der Waals surface area contributed by atoms with Gasteiger partial charge in [-0.25, -0.2) is 4.98 Å². The van der Waals surface area contributed by atoms with Gasteiger partial charge in [-0.1, -0.05) is 41.4 Å².